The number of ketones is 3. The number of hydrogen-bond donors (Lipinski definition) is 0. The summed E-state index contributed by atoms with van der Waals surface area (Å²) in [6.07, 6.45) is 5.42. The molecule has 0 N–H and O–H groups in total. The molecule has 4 saturated carbocycles. The van der Waals surface area contributed by atoms with Crippen molar-refractivity contribution >= 4 is 39.2 Å². The highest BCUT2D eigenvalue weighted by atomic mass is 79.9. The van der Waals surface area contributed by atoms with Crippen molar-refractivity contribution in [3.63, 3.8) is 0 Å². The van der Waals surface area contributed by atoms with Gasteiger partial charge in [-0.3, -0.25) is 19.2 Å². The number of carbonyl (C=O) groups excluding carboxylic acids is 4. The van der Waals surface area contributed by atoms with E-state index in [2.05, 4.69) is 29.8 Å². The van der Waals surface area contributed by atoms with Gasteiger partial charge in [-0.1, -0.05) is 29.8 Å². The van der Waals surface area contributed by atoms with Gasteiger partial charge in [0.15, 0.2) is 5.78 Å². The third-order valence-electron chi connectivity index (χ3n) is 9.00. The summed E-state index contributed by atoms with van der Waals surface area (Å²) in [5.74, 6) is 0.719. The molecular weight excluding hydrogens is 436 g/mol. The van der Waals surface area contributed by atoms with E-state index in [9.17, 15) is 19.2 Å². The van der Waals surface area contributed by atoms with E-state index in [0.717, 1.165) is 32.1 Å². The van der Waals surface area contributed by atoms with E-state index in [1.54, 1.807) is 0 Å². The second kappa shape index (κ2) is 7.28. The Kier molecular flexibility index (Phi) is 5.32. The molecule has 0 aliphatic heterocycles. The van der Waals surface area contributed by atoms with Gasteiger partial charge in [-0.05, 0) is 60.7 Å². The molecule has 160 valence electrons. The summed E-state index contributed by atoms with van der Waals surface area (Å²) in [6.45, 7) is 5.47. The lowest BCUT2D eigenvalue weighted by Gasteiger charge is -2.59. The first kappa shape index (κ1) is 21.2. The van der Waals surface area contributed by atoms with Crippen LogP contribution < -0.4 is 0 Å². The molecule has 6 heteroatoms. The van der Waals surface area contributed by atoms with E-state index < -0.39 is 5.97 Å². The first-order valence-corrected chi connectivity index (χ1v) is 11.9. The highest BCUT2D eigenvalue weighted by Crippen LogP contribution is 2.66. The van der Waals surface area contributed by atoms with E-state index in [0.29, 0.717) is 24.7 Å². The number of hydrogen-bond acceptors (Lipinski definition) is 5. The molecule has 4 aliphatic carbocycles. The Bertz CT molecular complexity index is 762. The average Bonchev–Trinajstić information content (AvgIpc) is 2.99. The summed E-state index contributed by atoms with van der Waals surface area (Å²) in [6, 6.07) is 0. The molecule has 0 aromatic carbocycles. The Labute approximate surface area is 180 Å². The topological polar surface area (TPSA) is 77.5 Å². The highest BCUT2D eigenvalue weighted by Gasteiger charge is 2.65. The third-order valence-corrected chi connectivity index (χ3v) is 10.2. The predicted octanol–water partition coefficient (Wildman–Crippen LogP) is 3.90. The van der Waals surface area contributed by atoms with Crippen LogP contribution >= 0.6 is 15.9 Å². The smallest absolute Gasteiger partial charge is 0.303 e. The van der Waals surface area contributed by atoms with Gasteiger partial charge < -0.3 is 4.74 Å². The molecule has 0 heterocycles. The quantitative estimate of drug-likeness (QED) is 0.465. The molecular formula is C23H31BrO5. The summed E-state index contributed by atoms with van der Waals surface area (Å²) in [7, 11) is 0. The van der Waals surface area contributed by atoms with Gasteiger partial charge in [0.25, 0.3) is 0 Å². The Balaban J connectivity index is 1.60. The van der Waals surface area contributed by atoms with Gasteiger partial charge in [0.1, 0.15) is 18.2 Å². The second-order valence-corrected chi connectivity index (χ2v) is 11.3. The van der Waals surface area contributed by atoms with Crippen LogP contribution in [0.2, 0.25) is 0 Å². The second-order valence-electron chi connectivity index (χ2n) is 10.3. The van der Waals surface area contributed by atoms with Crippen molar-refractivity contribution in [1.29, 1.82) is 0 Å². The number of alkyl halides is 1. The van der Waals surface area contributed by atoms with E-state index >= 15 is 0 Å². The maximum atomic E-state index is 13.6. The molecule has 0 aromatic heterocycles. The van der Waals surface area contributed by atoms with Crippen molar-refractivity contribution in [3.05, 3.63) is 0 Å². The Morgan fingerprint density at radius 1 is 1.03 bits per heavy atom. The van der Waals surface area contributed by atoms with E-state index in [4.69, 9.17) is 4.74 Å². The van der Waals surface area contributed by atoms with Gasteiger partial charge in [0, 0.05) is 31.6 Å². The Morgan fingerprint density at radius 2 is 1.72 bits per heavy atom. The number of fused-ring (bicyclic) bond motifs is 5. The first-order valence-electron chi connectivity index (χ1n) is 10.9. The van der Waals surface area contributed by atoms with Gasteiger partial charge in [-0.2, -0.15) is 0 Å². The Hall–Kier alpha value is -1.04. The van der Waals surface area contributed by atoms with E-state index in [1.165, 1.54) is 6.92 Å². The molecule has 0 saturated heterocycles. The monoisotopic (exact) mass is 466 g/mol. The summed E-state index contributed by atoms with van der Waals surface area (Å²) < 4.78 is 4.97. The maximum absolute atomic E-state index is 13.6. The number of Topliss-reactive ketones (excluding diaryl/α,β-unsaturated/α-hetero) is 3. The largest absolute Gasteiger partial charge is 0.458 e. The zero-order valence-electron chi connectivity index (χ0n) is 17.5. The minimum Gasteiger partial charge on any atom is -0.458 e. The van der Waals surface area contributed by atoms with Crippen LogP contribution in [0.3, 0.4) is 0 Å². The van der Waals surface area contributed by atoms with E-state index in [-0.39, 0.29) is 57.4 Å². The molecule has 8 atom stereocenters. The molecule has 4 fully saturated rings. The molecule has 29 heavy (non-hydrogen) atoms. The van der Waals surface area contributed by atoms with Crippen molar-refractivity contribution in [1.82, 2.24) is 0 Å². The minimum atomic E-state index is -0.444. The van der Waals surface area contributed by atoms with Crippen LogP contribution in [0.5, 0.6) is 0 Å². The highest BCUT2D eigenvalue weighted by molar-refractivity contribution is 9.10. The van der Waals surface area contributed by atoms with Gasteiger partial charge in [-0.25, -0.2) is 0 Å². The molecule has 0 aromatic rings. The number of halogens is 1. The van der Waals surface area contributed by atoms with Crippen molar-refractivity contribution in [2.75, 3.05) is 6.61 Å². The molecule has 4 aliphatic rings. The fraction of sp³-hybridized carbons (Fsp3) is 0.826. The van der Waals surface area contributed by atoms with Crippen LogP contribution in [0.15, 0.2) is 0 Å². The Morgan fingerprint density at radius 3 is 2.41 bits per heavy atom. The summed E-state index contributed by atoms with van der Waals surface area (Å²) in [5.41, 5.74) is -0.472. The maximum Gasteiger partial charge on any atom is 0.303 e. The molecule has 0 amide bonds. The normalized spacial score (nSPS) is 46.5. The van der Waals surface area contributed by atoms with Crippen LogP contribution in [-0.4, -0.2) is 34.8 Å². The minimum absolute atomic E-state index is 0.00482. The average molecular weight is 467 g/mol. The SMILES string of the molecule is CC(=O)OCC(=O)[C@H]1CC[C@H]2[C@@H]3CCC4C(Br)C(=O)CC[C@]4(C)[C@H]3C(=O)C[C@]12C. The van der Waals surface area contributed by atoms with Crippen LogP contribution in [0.4, 0.5) is 0 Å². The summed E-state index contributed by atoms with van der Waals surface area (Å²) in [4.78, 5) is 49.7. The zero-order valence-corrected chi connectivity index (χ0v) is 19.1. The van der Waals surface area contributed by atoms with Gasteiger partial charge >= 0.3 is 5.97 Å². The number of esters is 1. The predicted molar refractivity (Wildman–Crippen MR) is 110 cm³/mol. The van der Waals surface area contributed by atoms with Crippen molar-refractivity contribution in [2.24, 2.45) is 40.4 Å². The number of ether oxygens (including phenoxy) is 1. The standard InChI is InChI=1S/C23H31BrO5/c1-12(25)29-11-19(28)15-7-6-14-13-4-5-16-21(24)17(26)8-9-22(16,2)20(13)18(27)10-23(14,15)3/h13-16,20-21H,4-11H2,1-3H3/t13-,14-,15+,16?,20+,21?,22-,23-/m0/s1. The fourth-order valence-corrected chi connectivity index (χ4v) is 8.81. The molecule has 4 rings (SSSR count). The van der Waals surface area contributed by atoms with Crippen LogP contribution in [0.1, 0.15) is 65.7 Å². The van der Waals surface area contributed by atoms with Crippen LogP contribution in [0, 0.1) is 40.4 Å². The lowest BCUT2D eigenvalue weighted by Crippen LogP contribution is -2.59. The summed E-state index contributed by atoms with van der Waals surface area (Å²) >= 11 is 3.64. The lowest BCUT2D eigenvalue weighted by atomic mass is 9.44. The van der Waals surface area contributed by atoms with Crippen molar-refractivity contribution in [3.8, 4) is 0 Å². The van der Waals surface area contributed by atoms with Gasteiger partial charge in [0.2, 0.25) is 0 Å². The molecule has 5 nitrogen and oxygen atoms in total. The summed E-state index contributed by atoms with van der Waals surface area (Å²) in [5, 5.41) is 0. The first-order chi connectivity index (χ1) is 13.6. The third kappa shape index (κ3) is 3.16. The lowest BCUT2D eigenvalue weighted by molar-refractivity contribution is -0.162. The fourth-order valence-electron chi connectivity index (χ4n) is 7.71. The molecule has 2 unspecified atom stereocenters. The van der Waals surface area contributed by atoms with Crippen molar-refractivity contribution in [2.45, 2.75) is 70.5 Å². The number of rotatable bonds is 3. The zero-order chi connectivity index (χ0) is 21.1. The van der Waals surface area contributed by atoms with Crippen molar-refractivity contribution < 1.29 is 23.9 Å². The molecule has 0 bridgehead atoms. The van der Waals surface area contributed by atoms with Crippen LogP contribution in [-0.2, 0) is 23.9 Å². The molecule has 0 radical (unpaired) electrons. The molecule has 0 spiro atoms. The van der Waals surface area contributed by atoms with Crippen LogP contribution in [0.25, 0.3) is 0 Å². The van der Waals surface area contributed by atoms with Gasteiger partial charge in [-0.15, -0.1) is 0 Å². The van der Waals surface area contributed by atoms with E-state index in [1.807, 2.05) is 0 Å². The number of carbonyl (C=O) groups is 4. The van der Waals surface area contributed by atoms with Gasteiger partial charge in [0.05, 0.1) is 4.83 Å².